The van der Waals surface area contributed by atoms with Gasteiger partial charge in [0.2, 0.25) is 0 Å². The predicted octanol–water partition coefficient (Wildman–Crippen LogP) is 0.613. The van der Waals surface area contributed by atoms with Crippen LogP contribution in [0.3, 0.4) is 0 Å². The Labute approximate surface area is 78.2 Å². The van der Waals surface area contributed by atoms with E-state index in [2.05, 4.69) is 4.98 Å². The topological polar surface area (TPSA) is 65.8 Å². The van der Waals surface area contributed by atoms with Crippen molar-refractivity contribution >= 4 is 5.91 Å². The number of halogens is 2. The zero-order valence-electron chi connectivity index (χ0n) is 6.92. The van der Waals surface area contributed by atoms with E-state index < -0.39 is 23.1 Å². The van der Waals surface area contributed by atoms with Gasteiger partial charge in [0.15, 0.2) is 11.6 Å². The number of amides is 1. The molecule has 0 aliphatic rings. The van der Waals surface area contributed by atoms with E-state index in [9.17, 15) is 13.6 Å². The molecule has 0 spiro atoms. The van der Waals surface area contributed by atoms with Gasteiger partial charge in [0.25, 0.3) is 5.91 Å². The van der Waals surface area contributed by atoms with Crippen LogP contribution < -0.4 is 5.32 Å². The van der Waals surface area contributed by atoms with Crippen molar-refractivity contribution in [1.82, 2.24) is 10.3 Å². The Hall–Kier alpha value is -2.03. The maximum Gasteiger partial charge on any atom is 0.258 e. The van der Waals surface area contributed by atoms with E-state index in [4.69, 9.17) is 5.26 Å². The van der Waals surface area contributed by atoms with Crippen molar-refractivity contribution in [3.63, 3.8) is 0 Å². The number of hydrogen-bond donors (Lipinski definition) is 1. The highest BCUT2D eigenvalue weighted by atomic mass is 19.1. The lowest BCUT2D eigenvalue weighted by Crippen LogP contribution is -2.25. The van der Waals surface area contributed by atoms with Crippen LogP contribution in [0, 0.1) is 23.0 Å². The van der Waals surface area contributed by atoms with Crippen molar-refractivity contribution in [3.8, 4) is 6.07 Å². The van der Waals surface area contributed by atoms with E-state index in [1.165, 1.54) is 0 Å². The Balaban J connectivity index is 2.95. The molecule has 1 heterocycles. The summed E-state index contributed by atoms with van der Waals surface area (Å²) >= 11 is 0. The van der Waals surface area contributed by atoms with Gasteiger partial charge in [-0.2, -0.15) is 5.26 Å². The summed E-state index contributed by atoms with van der Waals surface area (Å²) in [7, 11) is 0. The Morgan fingerprint density at radius 3 is 2.57 bits per heavy atom. The molecule has 0 unspecified atom stereocenters. The summed E-state index contributed by atoms with van der Waals surface area (Å²) in [6.07, 6.45) is 1.45. The van der Waals surface area contributed by atoms with Gasteiger partial charge in [0.05, 0.1) is 18.5 Å². The molecule has 1 amide bonds. The van der Waals surface area contributed by atoms with Crippen LogP contribution >= 0.6 is 0 Å². The number of pyridine rings is 1. The van der Waals surface area contributed by atoms with Crippen LogP contribution in [0.2, 0.25) is 0 Å². The summed E-state index contributed by atoms with van der Waals surface area (Å²) in [5, 5.41) is 10.2. The lowest BCUT2D eigenvalue weighted by atomic mass is 10.2. The first-order chi connectivity index (χ1) is 6.66. The Bertz CT molecular complexity index is 380. The first-order valence-electron chi connectivity index (χ1n) is 3.61. The van der Waals surface area contributed by atoms with Crippen LogP contribution in [0.1, 0.15) is 10.4 Å². The zero-order valence-corrected chi connectivity index (χ0v) is 6.92. The quantitative estimate of drug-likeness (QED) is 0.706. The predicted molar refractivity (Wildman–Crippen MR) is 42.1 cm³/mol. The molecule has 14 heavy (non-hydrogen) atoms. The zero-order chi connectivity index (χ0) is 10.6. The first-order valence-corrected chi connectivity index (χ1v) is 3.61. The normalized spacial score (nSPS) is 9.21. The van der Waals surface area contributed by atoms with Gasteiger partial charge in [-0.1, -0.05) is 0 Å². The van der Waals surface area contributed by atoms with Crippen LogP contribution in [0.4, 0.5) is 8.78 Å². The van der Waals surface area contributed by atoms with Gasteiger partial charge in [-0.05, 0) is 0 Å². The molecular formula is C8H5F2N3O. The summed E-state index contributed by atoms with van der Waals surface area (Å²) in [6.45, 7) is -0.306. The Morgan fingerprint density at radius 1 is 1.50 bits per heavy atom. The minimum absolute atomic E-state index is 0.306. The fourth-order valence-corrected chi connectivity index (χ4v) is 0.836. The fraction of sp³-hybridized carbons (Fsp3) is 0.125. The van der Waals surface area contributed by atoms with Gasteiger partial charge < -0.3 is 5.32 Å². The van der Waals surface area contributed by atoms with Gasteiger partial charge in [-0.15, -0.1) is 0 Å². The van der Waals surface area contributed by atoms with Crippen LogP contribution in [0.15, 0.2) is 12.4 Å². The highest BCUT2D eigenvalue weighted by molar-refractivity contribution is 5.94. The van der Waals surface area contributed by atoms with E-state index in [0.717, 1.165) is 12.4 Å². The molecule has 6 heteroatoms. The van der Waals surface area contributed by atoms with Crippen molar-refractivity contribution in [2.45, 2.75) is 0 Å². The maximum absolute atomic E-state index is 12.9. The minimum atomic E-state index is -1.06. The number of carbonyl (C=O) groups is 1. The molecule has 0 aromatic carbocycles. The average Bonchev–Trinajstić information content (AvgIpc) is 2.14. The highest BCUT2D eigenvalue weighted by Gasteiger charge is 2.16. The third kappa shape index (κ3) is 2.01. The largest absolute Gasteiger partial charge is 0.339 e. The highest BCUT2D eigenvalue weighted by Crippen LogP contribution is 2.09. The fourth-order valence-electron chi connectivity index (χ4n) is 0.836. The van der Waals surface area contributed by atoms with Crippen LogP contribution in [0.5, 0.6) is 0 Å². The maximum atomic E-state index is 12.9. The van der Waals surface area contributed by atoms with Gasteiger partial charge in [0, 0.05) is 0 Å². The number of rotatable bonds is 2. The van der Waals surface area contributed by atoms with E-state index >= 15 is 0 Å². The molecule has 1 aromatic rings. The van der Waals surface area contributed by atoms with Crippen molar-refractivity contribution < 1.29 is 13.6 Å². The summed E-state index contributed by atoms with van der Waals surface area (Å²) < 4.78 is 25.8. The van der Waals surface area contributed by atoms with Gasteiger partial charge in [-0.25, -0.2) is 8.78 Å². The lowest BCUT2D eigenvalue weighted by molar-refractivity contribution is 0.0950. The number of nitrogens with zero attached hydrogens (tertiary/aromatic N) is 2. The lowest BCUT2D eigenvalue weighted by Gasteiger charge is -2.02. The molecule has 1 rings (SSSR count). The Morgan fingerprint density at radius 2 is 2.07 bits per heavy atom. The van der Waals surface area contributed by atoms with Crippen molar-refractivity contribution in [1.29, 1.82) is 5.26 Å². The molecule has 0 aliphatic carbocycles. The second-order valence-corrected chi connectivity index (χ2v) is 2.32. The number of nitriles is 1. The monoisotopic (exact) mass is 197 g/mol. The summed E-state index contributed by atoms with van der Waals surface area (Å²) in [5.74, 6) is -3.08. The molecule has 0 atom stereocenters. The molecule has 0 bridgehead atoms. The summed E-state index contributed by atoms with van der Waals surface area (Å²) in [5.41, 5.74) is -0.727. The molecule has 1 aromatic heterocycles. The second kappa shape index (κ2) is 4.28. The van der Waals surface area contributed by atoms with Gasteiger partial charge >= 0.3 is 0 Å². The molecule has 0 aliphatic heterocycles. The molecule has 0 fully saturated rings. The molecule has 0 radical (unpaired) electrons. The Kier molecular flexibility index (Phi) is 3.07. The average molecular weight is 197 g/mol. The molecule has 4 nitrogen and oxygen atoms in total. The van der Waals surface area contributed by atoms with E-state index in [1.54, 1.807) is 6.07 Å². The number of carbonyl (C=O) groups excluding carboxylic acids is 1. The SMILES string of the molecule is N#CCNC(=O)c1c(F)cncc1F. The second-order valence-electron chi connectivity index (χ2n) is 2.32. The third-order valence-electron chi connectivity index (χ3n) is 1.41. The van der Waals surface area contributed by atoms with E-state index in [0.29, 0.717) is 0 Å². The number of nitrogens with one attached hydrogen (secondary N) is 1. The van der Waals surface area contributed by atoms with E-state index in [1.807, 2.05) is 5.32 Å². The molecule has 0 saturated carbocycles. The minimum Gasteiger partial charge on any atom is -0.339 e. The summed E-state index contributed by atoms with van der Waals surface area (Å²) in [4.78, 5) is 14.3. The van der Waals surface area contributed by atoms with Crippen molar-refractivity contribution in [2.24, 2.45) is 0 Å². The molecule has 1 N–H and O–H groups in total. The van der Waals surface area contributed by atoms with E-state index in [-0.39, 0.29) is 6.54 Å². The van der Waals surface area contributed by atoms with Gasteiger partial charge in [0.1, 0.15) is 12.1 Å². The molecule has 0 saturated heterocycles. The molecule has 72 valence electrons. The van der Waals surface area contributed by atoms with Crippen molar-refractivity contribution in [2.75, 3.05) is 6.54 Å². The standard InChI is InChI=1S/C8H5F2N3O/c9-5-3-12-4-6(10)7(5)8(14)13-2-1-11/h3-4H,2H2,(H,13,14). The van der Waals surface area contributed by atoms with Crippen molar-refractivity contribution in [3.05, 3.63) is 29.6 Å². The smallest absolute Gasteiger partial charge is 0.258 e. The molecular weight excluding hydrogens is 192 g/mol. The van der Waals surface area contributed by atoms with Crippen LogP contribution in [0.25, 0.3) is 0 Å². The van der Waals surface area contributed by atoms with Crippen LogP contribution in [-0.2, 0) is 0 Å². The van der Waals surface area contributed by atoms with Crippen LogP contribution in [-0.4, -0.2) is 17.4 Å². The first kappa shape index (κ1) is 10.1. The summed E-state index contributed by atoms with van der Waals surface area (Å²) in [6, 6.07) is 1.61. The van der Waals surface area contributed by atoms with Gasteiger partial charge in [-0.3, -0.25) is 9.78 Å². The third-order valence-corrected chi connectivity index (χ3v) is 1.41. The number of aromatic nitrogens is 1. The number of hydrogen-bond acceptors (Lipinski definition) is 3.